The molecule has 0 unspecified atom stereocenters. The van der Waals surface area contributed by atoms with Crippen molar-refractivity contribution in [2.24, 2.45) is 0 Å². The maximum atomic E-state index is 12.2. The average Bonchev–Trinajstić information content (AvgIpc) is 2.77. The number of carbonyl (C=O) groups excluding carboxylic acids is 2. The Bertz CT molecular complexity index is 980. The second-order valence-corrected chi connectivity index (χ2v) is 7.00. The van der Waals surface area contributed by atoms with Crippen molar-refractivity contribution in [3.8, 4) is 11.5 Å². The minimum Gasteiger partial charge on any atom is -0.508 e. The van der Waals surface area contributed by atoms with Crippen molar-refractivity contribution in [2.75, 3.05) is 0 Å². The number of esters is 2. The van der Waals surface area contributed by atoms with Crippen LogP contribution in [-0.2, 0) is 28.7 Å². The van der Waals surface area contributed by atoms with Crippen molar-refractivity contribution in [1.29, 1.82) is 0 Å². The van der Waals surface area contributed by atoms with Crippen LogP contribution in [-0.4, -0.2) is 56.5 Å². The summed E-state index contributed by atoms with van der Waals surface area (Å²) in [5.74, 6) is -4.70. The number of aliphatic carboxylic acids is 2. The maximum Gasteiger partial charge on any atom is 0.331 e. The van der Waals surface area contributed by atoms with Gasteiger partial charge in [-0.1, -0.05) is 24.3 Å². The summed E-state index contributed by atoms with van der Waals surface area (Å²) in [4.78, 5) is 47.0. The van der Waals surface area contributed by atoms with Crippen LogP contribution in [0.15, 0.2) is 60.7 Å². The predicted octanol–water partition coefficient (Wildman–Crippen LogP) is 2.60. The number of carbonyl (C=O) groups is 4. The third kappa shape index (κ3) is 9.27. The van der Waals surface area contributed by atoms with E-state index in [-0.39, 0.29) is 11.5 Å². The summed E-state index contributed by atoms with van der Waals surface area (Å²) in [6, 6.07) is 11.6. The van der Waals surface area contributed by atoms with Gasteiger partial charge in [-0.2, -0.15) is 0 Å². The first-order valence-corrected chi connectivity index (χ1v) is 9.91. The van der Waals surface area contributed by atoms with Crippen LogP contribution >= 0.6 is 0 Å². The Hall–Kier alpha value is -4.60. The number of hydrogen-bond acceptors (Lipinski definition) is 8. The number of carboxylic acids is 2. The molecule has 34 heavy (non-hydrogen) atoms. The van der Waals surface area contributed by atoms with Crippen LogP contribution in [0.4, 0.5) is 0 Å². The van der Waals surface area contributed by atoms with E-state index in [9.17, 15) is 29.4 Å². The zero-order valence-electron chi connectivity index (χ0n) is 17.7. The van der Waals surface area contributed by atoms with Gasteiger partial charge in [-0.25, -0.2) is 9.59 Å². The van der Waals surface area contributed by atoms with Gasteiger partial charge in [0.25, 0.3) is 0 Å². The summed E-state index contributed by atoms with van der Waals surface area (Å²) in [6.45, 7) is 0. The number of hydrogen-bond donors (Lipinski definition) is 4. The molecule has 0 aromatic heterocycles. The lowest BCUT2D eigenvalue weighted by Crippen LogP contribution is -2.38. The van der Waals surface area contributed by atoms with Gasteiger partial charge in [-0.05, 0) is 47.5 Å². The first-order valence-electron chi connectivity index (χ1n) is 9.91. The second kappa shape index (κ2) is 12.4. The highest BCUT2D eigenvalue weighted by Crippen LogP contribution is 2.17. The van der Waals surface area contributed by atoms with Crippen molar-refractivity contribution in [3.05, 3.63) is 71.8 Å². The Balaban J connectivity index is 2.13. The van der Waals surface area contributed by atoms with Gasteiger partial charge in [-0.15, -0.1) is 0 Å². The van der Waals surface area contributed by atoms with Gasteiger partial charge in [0.05, 0.1) is 12.8 Å². The fourth-order valence-electron chi connectivity index (χ4n) is 2.72. The molecule has 0 aliphatic heterocycles. The molecular formula is C24H22O10. The molecule has 4 N–H and O–H groups in total. The molecule has 178 valence electrons. The van der Waals surface area contributed by atoms with Crippen molar-refractivity contribution < 1.29 is 49.1 Å². The lowest BCUT2D eigenvalue weighted by Gasteiger charge is -2.24. The zero-order chi connectivity index (χ0) is 25.1. The monoisotopic (exact) mass is 470 g/mol. The van der Waals surface area contributed by atoms with Crippen LogP contribution in [0.1, 0.15) is 24.0 Å². The van der Waals surface area contributed by atoms with E-state index in [1.54, 1.807) is 0 Å². The highest BCUT2D eigenvalue weighted by molar-refractivity contribution is 5.88. The molecule has 0 amide bonds. The van der Waals surface area contributed by atoms with Gasteiger partial charge in [-0.3, -0.25) is 9.59 Å². The van der Waals surface area contributed by atoms with Crippen LogP contribution in [0.3, 0.4) is 0 Å². The van der Waals surface area contributed by atoms with Crippen LogP contribution in [0, 0.1) is 0 Å². The molecule has 0 heterocycles. The van der Waals surface area contributed by atoms with E-state index in [2.05, 4.69) is 0 Å². The van der Waals surface area contributed by atoms with Gasteiger partial charge in [0, 0.05) is 12.2 Å². The van der Waals surface area contributed by atoms with E-state index in [4.69, 9.17) is 19.7 Å². The van der Waals surface area contributed by atoms with E-state index in [1.807, 2.05) is 0 Å². The minimum absolute atomic E-state index is 0.0269. The van der Waals surface area contributed by atoms with Crippen molar-refractivity contribution in [2.45, 2.75) is 25.0 Å². The lowest BCUT2D eigenvalue weighted by atomic mass is 10.1. The topological polar surface area (TPSA) is 168 Å². The second-order valence-electron chi connectivity index (χ2n) is 7.00. The number of ether oxygens (including phenoxy) is 2. The SMILES string of the molecule is O=C(O)C[C@H](OC(=O)/C=C/c1ccc(O)cc1)[C@H](CC(=O)O)OC(=O)/C=C/c1ccc(O)cc1. The molecule has 10 heteroatoms. The van der Waals surface area contributed by atoms with E-state index >= 15 is 0 Å². The lowest BCUT2D eigenvalue weighted by molar-refractivity contribution is -0.169. The number of phenolic OH excluding ortho intramolecular Hbond substituents is 2. The highest BCUT2D eigenvalue weighted by Gasteiger charge is 2.32. The van der Waals surface area contributed by atoms with Crippen LogP contribution in [0.5, 0.6) is 11.5 Å². The Morgan fingerprint density at radius 3 is 1.26 bits per heavy atom. The summed E-state index contributed by atoms with van der Waals surface area (Å²) >= 11 is 0. The molecule has 0 spiro atoms. The molecule has 10 nitrogen and oxygen atoms in total. The first kappa shape index (κ1) is 25.7. The number of aromatic hydroxyl groups is 2. The average molecular weight is 470 g/mol. The molecule has 0 saturated carbocycles. The molecular weight excluding hydrogens is 448 g/mol. The molecule has 0 radical (unpaired) electrons. The number of phenols is 2. The number of carboxylic acid groups (broad SMARTS) is 2. The Morgan fingerprint density at radius 2 is 0.971 bits per heavy atom. The summed E-state index contributed by atoms with van der Waals surface area (Å²) in [5, 5.41) is 36.9. The molecule has 2 aromatic rings. The van der Waals surface area contributed by atoms with Crippen LogP contribution < -0.4 is 0 Å². The van der Waals surface area contributed by atoms with Gasteiger partial charge < -0.3 is 29.9 Å². The van der Waals surface area contributed by atoms with Crippen molar-refractivity contribution in [3.63, 3.8) is 0 Å². The van der Waals surface area contributed by atoms with Crippen LogP contribution in [0.2, 0.25) is 0 Å². The third-order valence-electron chi connectivity index (χ3n) is 4.31. The normalized spacial score (nSPS) is 12.8. The van der Waals surface area contributed by atoms with Gasteiger partial charge >= 0.3 is 23.9 Å². The van der Waals surface area contributed by atoms with Crippen molar-refractivity contribution in [1.82, 2.24) is 0 Å². The van der Waals surface area contributed by atoms with E-state index in [0.717, 1.165) is 12.2 Å². The Morgan fingerprint density at radius 1 is 0.647 bits per heavy atom. The number of rotatable bonds is 11. The highest BCUT2D eigenvalue weighted by atomic mass is 16.6. The zero-order valence-corrected chi connectivity index (χ0v) is 17.7. The maximum absolute atomic E-state index is 12.2. The largest absolute Gasteiger partial charge is 0.508 e. The molecule has 0 fully saturated rings. The van der Waals surface area contributed by atoms with Crippen LogP contribution in [0.25, 0.3) is 12.2 Å². The Kier molecular flexibility index (Phi) is 9.39. The van der Waals surface area contributed by atoms with Crippen molar-refractivity contribution >= 4 is 36.0 Å². The molecule has 2 atom stereocenters. The summed E-state index contributed by atoms with van der Waals surface area (Å²) < 4.78 is 10.2. The molecule has 0 aliphatic carbocycles. The molecule has 0 aliphatic rings. The van der Waals surface area contributed by atoms with E-state index in [0.29, 0.717) is 11.1 Å². The standard InChI is InChI=1S/C24H22O10/c25-17-7-1-15(2-8-17)5-11-23(31)33-19(13-21(27)28)20(14-22(29)30)34-24(32)12-6-16-3-9-18(26)10-4-16/h1-12,19-20,25-26H,13-14H2,(H,27,28)(H,29,30)/b11-5+,12-6+/t19-,20-/m0/s1. The molecule has 2 rings (SSSR count). The third-order valence-corrected chi connectivity index (χ3v) is 4.31. The smallest absolute Gasteiger partial charge is 0.331 e. The van der Waals surface area contributed by atoms with E-state index in [1.165, 1.54) is 60.7 Å². The molecule has 0 bridgehead atoms. The predicted molar refractivity (Wildman–Crippen MR) is 119 cm³/mol. The fraction of sp³-hybridized carbons (Fsp3) is 0.167. The summed E-state index contributed by atoms with van der Waals surface area (Å²) in [7, 11) is 0. The van der Waals surface area contributed by atoms with Gasteiger partial charge in [0.15, 0.2) is 0 Å². The first-order chi connectivity index (χ1) is 16.1. The van der Waals surface area contributed by atoms with Gasteiger partial charge in [0.1, 0.15) is 23.7 Å². The fourth-order valence-corrected chi connectivity index (χ4v) is 2.72. The van der Waals surface area contributed by atoms with Gasteiger partial charge in [0.2, 0.25) is 0 Å². The Labute approximate surface area is 194 Å². The van der Waals surface area contributed by atoms with E-state index < -0.39 is 48.9 Å². The molecule has 0 saturated heterocycles. The summed E-state index contributed by atoms with van der Waals surface area (Å²) in [5.41, 5.74) is 1.08. The molecule has 2 aromatic carbocycles. The summed E-state index contributed by atoms with van der Waals surface area (Å²) in [6.07, 6.45) is -0.0708. The quantitative estimate of drug-likeness (QED) is 0.283. The minimum atomic E-state index is -1.57. The number of benzene rings is 2.